The zero-order chi connectivity index (χ0) is 12.3. The molecule has 1 saturated heterocycles. The van der Waals surface area contributed by atoms with Crippen molar-refractivity contribution in [1.29, 1.82) is 5.26 Å². The van der Waals surface area contributed by atoms with Gasteiger partial charge in [0.15, 0.2) is 10.3 Å². The van der Waals surface area contributed by atoms with E-state index in [2.05, 4.69) is 28.2 Å². The van der Waals surface area contributed by atoms with Crippen LogP contribution in [0.5, 0.6) is 0 Å². The molecule has 92 valence electrons. The zero-order valence-electron chi connectivity index (χ0n) is 9.74. The van der Waals surface area contributed by atoms with E-state index in [1.807, 2.05) is 0 Å². The van der Waals surface area contributed by atoms with E-state index in [1.54, 1.807) is 0 Å². The molecular weight excluding hydrogens is 256 g/mol. The predicted molar refractivity (Wildman–Crippen MR) is 70.8 cm³/mol. The van der Waals surface area contributed by atoms with Gasteiger partial charge in [-0.25, -0.2) is 4.98 Å². The average Bonchev–Trinajstić information content (AvgIpc) is 2.95. The minimum absolute atomic E-state index is 0.333. The molecule has 17 heavy (non-hydrogen) atoms. The Labute approximate surface area is 110 Å². The van der Waals surface area contributed by atoms with Gasteiger partial charge >= 0.3 is 0 Å². The van der Waals surface area contributed by atoms with Gasteiger partial charge in [-0.2, -0.15) is 5.26 Å². The molecule has 0 aliphatic carbocycles. The van der Waals surface area contributed by atoms with Gasteiger partial charge in [-0.15, -0.1) is 0 Å². The fourth-order valence-corrected chi connectivity index (χ4v) is 3.20. The first-order chi connectivity index (χ1) is 8.26. The minimum Gasteiger partial charge on any atom is -0.344 e. The van der Waals surface area contributed by atoms with E-state index in [-0.39, 0.29) is 0 Å². The van der Waals surface area contributed by atoms with Gasteiger partial charge < -0.3 is 10.2 Å². The third kappa shape index (κ3) is 2.71. The summed E-state index contributed by atoms with van der Waals surface area (Å²) in [6.45, 7) is 5.14. The summed E-state index contributed by atoms with van der Waals surface area (Å²) in [6, 6.07) is 2.56. The first-order valence-corrected chi connectivity index (χ1v) is 6.99. The lowest BCUT2D eigenvalue weighted by atomic mass is 10.2. The predicted octanol–water partition coefficient (Wildman–Crippen LogP) is 2.25. The second-order valence-electron chi connectivity index (χ2n) is 4.07. The van der Waals surface area contributed by atoms with Crippen LogP contribution in [0.1, 0.15) is 24.6 Å². The first-order valence-electron chi connectivity index (χ1n) is 5.80. The number of hydrogen-bond donors (Lipinski definition) is 1. The van der Waals surface area contributed by atoms with Gasteiger partial charge in [0.1, 0.15) is 10.9 Å². The summed E-state index contributed by atoms with van der Waals surface area (Å²) in [7, 11) is 0. The Kier molecular flexibility index (Phi) is 4.21. The molecule has 6 heteroatoms. The van der Waals surface area contributed by atoms with Gasteiger partial charge in [0.2, 0.25) is 0 Å². The highest BCUT2D eigenvalue weighted by Crippen LogP contribution is 2.31. The number of rotatable bonds is 4. The van der Waals surface area contributed by atoms with Crippen molar-refractivity contribution in [2.45, 2.75) is 25.8 Å². The quantitative estimate of drug-likeness (QED) is 0.912. The van der Waals surface area contributed by atoms with Gasteiger partial charge in [-0.3, -0.25) is 0 Å². The van der Waals surface area contributed by atoms with Crippen molar-refractivity contribution in [3.05, 3.63) is 10.0 Å². The summed E-state index contributed by atoms with van der Waals surface area (Å²) in [5.74, 6) is 0. The molecule has 1 aliphatic rings. The van der Waals surface area contributed by atoms with Crippen molar-refractivity contribution in [2.75, 3.05) is 24.5 Å². The van der Waals surface area contributed by atoms with E-state index in [0.717, 1.165) is 37.6 Å². The van der Waals surface area contributed by atoms with E-state index >= 15 is 0 Å². The van der Waals surface area contributed by atoms with Crippen LogP contribution in [0.15, 0.2) is 0 Å². The van der Waals surface area contributed by atoms with Gasteiger partial charge in [0.05, 0.1) is 0 Å². The van der Waals surface area contributed by atoms with E-state index in [9.17, 15) is 0 Å². The maximum atomic E-state index is 8.91. The monoisotopic (exact) mass is 270 g/mol. The number of aromatic nitrogens is 1. The molecule has 1 atom stereocenters. The second-order valence-corrected chi connectivity index (χ2v) is 5.40. The number of nitriles is 1. The molecule has 2 heterocycles. The molecule has 0 radical (unpaired) electrons. The van der Waals surface area contributed by atoms with Crippen molar-refractivity contribution >= 4 is 28.1 Å². The zero-order valence-corrected chi connectivity index (χ0v) is 11.3. The Morgan fingerprint density at radius 2 is 2.53 bits per heavy atom. The Hall–Kier alpha value is -0.830. The van der Waals surface area contributed by atoms with Crippen molar-refractivity contribution in [3.63, 3.8) is 0 Å². The van der Waals surface area contributed by atoms with Crippen LogP contribution in [0.2, 0.25) is 5.15 Å². The Bertz CT molecular complexity index is 420. The number of anilines is 1. The fraction of sp³-hybridized carbons (Fsp3) is 0.636. The number of nitrogens with one attached hydrogen (secondary N) is 1. The smallest absolute Gasteiger partial charge is 0.188 e. The second kappa shape index (κ2) is 5.67. The van der Waals surface area contributed by atoms with Crippen LogP contribution in [0.25, 0.3) is 0 Å². The summed E-state index contributed by atoms with van der Waals surface area (Å²) < 4.78 is 0. The molecule has 0 spiro atoms. The first kappa shape index (κ1) is 12.6. The number of halogens is 1. The van der Waals surface area contributed by atoms with E-state index < -0.39 is 0 Å². The minimum atomic E-state index is 0.333. The summed E-state index contributed by atoms with van der Waals surface area (Å²) in [6.07, 6.45) is 2.19. The number of thiazole rings is 1. The molecule has 0 aromatic carbocycles. The van der Waals surface area contributed by atoms with Crippen LogP contribution < -0.4 is 10.2 Å². The molecule has 1 aliphatic heterocycles. The average molecular weight is 271 g/mol. The topological polar surface area (TPSA) is 52.0 Å². The van der Waals surface area contributed by atoms with Crippen molar-refractivity contribution in [3.8, 4) is 6.07 Å². The van der Waals surface area contributed by atoms with Crippen LogP contribution in [-0.4, -0.2) is 30.7 Å². The standard InChI is InChI=1S/C11H15ClN4S/c1-2-5-16(8-3-4-14-7-8)11-15-10(12)9(6-13)17-11/h8,14H,2-5,7H2,1H3. The lowest BCUT2D eigenvalue weighted by molar-refractivity contribution is 0.624. The highest BCUT2D eigenvalue weighted by molar-refractivity contribution is 7.16. The molecule has 1 fully saturated rings. The maximum absolute atomic E-state index is 8.91. The fourth-order valence-electron chi connectivity index (χ4n) is 2.06. The third-order valence-corrected chi connectivity index (χ3v) is 4.24. The summed E-state index contributed by atoms with van der Waals surface area (Å²) in [5, 5.41) is 13.5. The summed E-state index contributed by atoms with van der Waals surface area (Å²) in [4.78, 5) is 7.09. The van der Waals surface area contributed by atoms with Gasteiger partial charge in [-0.05, 0) is 19.4 Å². The van der Waals surface area contributed by atoms with Crippen molar-refractivity contribution in [1.82, 2.24) is 10.3 Å². The van der Waals surface area contributed by atoms with E-state index in [1.165, 1.54) is 11.3 Å². The normalized spacial score (nSPS) is 19.2. The molecule has 0 saturated carbocycles. The molecule has 1 aromatic heterocycles. The molecule has 4 nitrogen and oxygen atoms in total. The molecule has 1 unspecified atom stereocenters. The Morgan fingerprint density at radius 1 is 1.71 bits per heavy atom. The van der Waals surface area contributed by atoms with Crippen LogP contribution in [0.3, 0.4) is 0 Å². The molecule has 1 N–H and O–H groups in total. The van der Waals surface area contributed by atoms with Crippen molar-refractivity contribution in [2.24, 2.45) is 0 Å². The van der Waals surface area contributed by atoms with E-state index in [4.69, 9.17) is 16.9 Å². The lowest BCUT2D eigenvalue weighted by Gasteiger charge is -2.27. The highest BCUT2D eigenvalue weighted by Gasteiger charge is 2.25. The maximum Gasteiger partial charge on any atom is 0.188 e. The van der Waals surface area contributed by atoms with Crippen LogP contribution in [0, 0.1) is 11.3 Å². The van der Waals surface area contributed by atoms with Gasteiger partial charge in [-0.1, -0.05) is 29.9 Å². The third-order valence-electron chi connectivity index (χ3n) is 2.86. The van der Waals surface area contributed by atoms with Gasteiger partial charge in [0, 0.05) is 19.1 Å². The summed E-state index contributed by atoms with van der Waals surface area (Å²) >= 11 is 7.32. The molecule has 2 rings (SSSR count). The molecular formula is C11H15ClN4S. The SMILES string of the molecule is CCCN(c1nc(Cl)c(C#N)s1)C1CCNC1. The van der Waals surface area contributed by atoms with E-state index in [0.29, 0.717) is 16.1 Å². The van der Waals surface area contributed by atoms with Gasteiger partial charge in [0.25, 0.3) is 0 Å². The van der Waals surface area contributed by atoms with Crippen LogP contribution >= 0.6 is 22.9 Å². The lowest BCUT2D eigenvalue weighted by Crippen LogP contribution is -2.37. The van der Waals surface area contributed by atoms with Crippen LogP contribution in [0.4, 0.5) is 5.13 Å². The van der Waals surface area contributed by atoms with Crippen LogP contribution in [-0.2, 0) is 0 Å². The largest absolute Gasteiger partial charge is 0.344 e. The summed E-state index contributed by atoms with van der Waals surface area (Å²) in [5.41, 5.74) is 0. The molecule has 0 amide bonds. The molecule has 0 bridgehead atoms. The molecule has 1 aromatic rings. The number of hydrogen-bond acceptors (Lipinski definition) is 5. The number of nitrogens with zero attached hydrogens (tertiary/aromatic N) is 3. The van der Waals surface area contributed by atoms with Crippen molar-refractivity contribution < 1.29 is 0 Å². The highest BCUT2D eigenvalue weighted by atomic mass is 35.5. The Morgan fingerprint density at radius 3 is 3.06 bits per heavy atom. The Balaban J connectivity index is 2.22.